The van der Waals surface area contributed by atoms with E-state index in [1.807, 2.05) is 0 Å². The van der Waals surface area contributed by atoms with Crippen LogP contribution >= 0.6 is 43.2 Å². The molecule has 68 valence electrons. The lowest BCUT2D eigenvalue weighted by molar-refractivity contribution is 0.837. The maximum Gasteiger partial charge on any atom is 0.141 e. The third-order valence-corrected chi connectivity index (χ3v) is 6.30. The number of nitrogens with zero attached hydrogens (tertiary/aromatic N) is 4. The van der Waals surface area contributed by atoms with Gasteiger partial charge in [0, 0.05) is 0 Å². The molecular weight excluding hydrogens is 256 g/mol. The minimum atomic E-state index is 0.975. The fourth-order valence-corrected chi connectivity index (χ4v) is 5.60. The highest BCUT2D eigenvalue weighted by Crippen LogP contribution is 2.56. The van der Waals surface area contributed by atoms with Gasteiger partial charge in [0.25, 0.3) is 0 Å². The van der Waals surface area contributed by atoms with Crippen molar-refractivity contribution in [3.63, 3.8) is 0 Å². The van der Waals surface area contributed by atoms with Gasteiger partial charge in [0.2, 0.25) is 0 Å². The minimum Gasteiger partial charge on any atom is -0.141 e. The number of hydrogen-bond acceptors (Lipinski definition) is 8. The SMILES string of the molecule is n1nc2c3c(nnc4c3c1SS4)SS2. The summed E-state index contributed by atoms with van der Waals surface area (Å²) in [5.74, 6) is 0. The van der Waals surface area contributed by atoms with Crippen LogP contribution < -0.4 is 0 Å². The highest BCUT2D eigenvalue weighted by atomic mass is 33.1. The second kappa shape index (κ2) is 2.69. The number of aromatic nitrogens is 4. The van der Waals surface area contributed by atoms with Gasteiger partial charge in [0.1, 0.15) is 20.1 Å². The first-order valence-electron chi connectivity index (χ1n) is 3.69. The minimum absolute atomic E-state index is 0.975. The zero-order chi connectivity index (χ0) is 9.12. The molecule has 0 amide bonds. The van der Waals surface area contributed by atoms with E-state index in [4.69, 9.17) is 0 Å². The van der Waals surface area contributed by atoms with Crippen LogP contribution in [0.4, 0.5) is 0 Å². The van der Waals surface area contributed by atoms with Crippen molar-refractivity contribution in [3.05, 3.63) is 0 Å². The lowest BCUT2D eigenvalue weighted by atomic mass is 10.3. The Morgan fingerprint density at radius 1 is 0.500 bits per heavy atom. The molecular formula is C6N4S4. The lowest BCUT2D eigenvalue weighted by Crippen LogP contribution is -1.91. The average Bonchev–Trinajstić information content (AvgIpc) is 2.77. The molecule has 0 saturated carbocycles. The first-order valence-corrected chi connectivity index (χ1v) is 7.99. The molecule has 0 aromatic carbocycles. The predicted molar refractivity (Wildman–Crippen MR) is 58.6 cm³/mol. The quantitative estimate of drug-likeness (QED) is 0.667. The van der Waals surface area contributed by atoms with E-state index in [1.54, 1.807) is 43.2 Å². The van der Waals surface area contributed by atoms with Crippen LogP contribution in [-0.2, 0) is 0 Å². The monoisotopic (exact) mass is 256 g/mol. The van der Waals surface area contributed by atoms with Crippen LogP contribution in [0.2, 0.25) is 0 Å². The van der Waals surface area contributed by atoms with Crippen LogP contribution in [0.3, 0.4) is 0 Å². The van der Waals surface area contributed by atoms with E-state index in [0.717, 1.165) is 30.9 Å². The van der Waals surface area contributed by atoms with Crippen LogP contribution in [0, 0.1) is 0 Å². The first kappa shape index (κ1) is 8.03. The van der Waals surface area contributed by atoms with Crippen molar-refractivity contribution in [2.75, 3.05) is 0 Å². The van der Waals surface area contributed by atoms with Gasteiger partial charge in [-0.1, -0.05) is 0 Å². The van der Waals surface area contributed by atoms with Crippen LogP contribution in [0.1, 0.15) is 0 Å². The molecule has 0 N–H and O–H groups in total. The standard InChI is InChI=1S/C6N4S4/c7-3-1-2-5(9-7)13-14-6(2)10-8-4(1)12-11-3. The van der Waals surface area contributed by atoms with Gasteiger partial charge in [-0.25, -0.2) is 0 Å². The van der Waals surface area contributed by atoms with Crippen LogP contribution in [0.5, 0.6) is 0 Å². The van der Waals surface area contributed by atoms with Crippen molar-refractivity contribution < 1.29 is 0 Å². The molecule has 0 atom stereocenters. The van der Waals surface area contributed by atoms with Crippen molar-refractivity contribution in [2.24, 2.45) is 0 Å². The number of rotatable bonds is 0. The molecule has 0 bridgehead atoms. The summed E-state index contributed by atoms with van der Waals surface area (Å²) >= 11 is 0. The summed E-state index contributed by atoms with van der Waals surface area (Å²) in [6, 6.07) is 0. The van der Waals surface area contributed by atoms with Gasteiger partial charge in [-0.3, -0.25) is 0 Å². The summed E-state index contributed by atoms with van der Waals surface area (Å²) in [6.07, 6.45) is 0. The molecule has 0 saturated heterocycles. The second-order valence-electron chi connectivity index (χ2n) is 2.70. The molecule has 2 aliphatic heterocycles. The molecule has 0 aliphatic carbocycles. The van der Waals surface area contributed by atoms with Gasteiger partial charge in [-0.2, -0.15) is 0 Å². The fourth-order valence-electron chi connectivity index (χ4n) is 1.38. The van der Waals surface area contributed by atoms with E-state index in [9.17, 15) is 0 Å². The predicted octanol–water partition coefficient (Wildman–Crippen LogP) is 2.65. The summed E-state index contributed by atoms with van der Waals surface area (Å²) in [7, 11) is 6.45. The lowest BCUT2D eigenvalue weighted by Gasteiger charge is -1.96. The molecule has 0 fully saturated rings. The van der Waals surface area contributed by atoms with Crippen molar-refractivity contribution in [1.29, 1.82) is 0 Å². The van der Waals surface area contributed by atoms with Crippen molar-refractivity contribution in [3.8, 4) is 0 Å². The normalized spacial score (nSPS) is 16.9. The highest BCUT2D eigenvalue weighted by molar-refractivity contribution is 8.77. The second-order valence-corrected chi connectivity index (χ2v) is 6.92. The maximum absolute atomic E-state index is 4.17. The molecule has 2 aromatic rings. The van der Waals surface area contributed by atoms with Crippen molar-refractivity contribution in [1.82, 2.24) is 20.4 Å². The van der Waals surface area contributed by atoms with E-state index < -0.39 is 0 Å². The molecule has 0 spiro atoms. The highest BCUT2D eigenvalue weighted by Gasteiger charge is 2.28. The first-order chi connectivity index (χ1) is 6.93. The Labute approximate surface area is 94.2 Å². The third kappa shape index (κ3) is 0.873. The number of hydrogen-bond donors (Lipinski definition) is 0. The van der Waals surface area contributed by atoms with E-state index in [0.29, 0.717) is 0 Å². The molecule has 4 nitrogen and oxygen atoms in total. The summed E-state index contributed by atoms with van der Waals surface area (Å²) in [6.45, 7) is 0. The van der Waals surface area contributed by atoms with Crippen molar-refractivity contribution >= 4 is 53.9 Å². The van der Waals surface area contributed by atoms with Crippen LogP contribution in [0.15, 0.2) is 20.1 Å². The van der Waals surface area contributed by atoms with E-state index in [-0.39, 0.29) is 0 Å². The maximum atomic E-state index is 4.17. The Bertz CT molecular complexity index is 474. The Morgan fingerprint density at radius 3 is 1.07 bits per heavy atom. The molecule has 0 unspecified atom stereocenters. The summed E-state index contributed by atoms with van der Waals surface area (Å²) < 4.78 is 0. The van der Waals surface area contributed by atoms with Crippen molar-refractivity contribution in [2.45, 2.75) is 20.1 Å². The Hall–Kier alpha value is -0.180. The van der Waals surface area contributed by atoms with Gasteiger partial charge in [0.05, 0.1) is 10.8 Å². The molecule has 4 heterocycles. The zero-order valence-corrected chi connectivity index (χ0v) is 9.69. The van der Waals surface area contributed by atoms with Gasteiger partial charge in [-0.05, 0) is 43.2 Å². The van der Waals surface area contributed by atoms with Gasteiger partial charge < -0.3 is 0 Å². The van der Waals surface area contributed by atoms with Gasteiger partial charge in [-0.15, -0.1) is 20.4 Å². The van der Waals surface area contributed by atoms with Crippen LogP contribution in [-0.4, -0.2) is 20.4 Å². The average molecular weight is 256 g/mol. The zero-order valence-electron chi connectivity index (χ0n) is 6.42. The Morgan fingerprint density at radius 2 is 0.786 bits per heavy atom. The van der Waals surface area contributed by atoms with Crippen LogP contribution in [0.25, 0.3) is 10.8 Å². The van der Waals surface area contributed by atoms with E-state index in [1.165, 1.54) is 0 Å². The molecule has 0 radical (unpaired) electrons. The van der Waals surface area contributed by atoms with Gasteiger partial charge >= 0.3 is 0 Å². The third-order valence-electron chi connectivity index (χ3n) is 1.97. The molecule has 14 heavy (non-hydrogen) atoms. The summed E-state index contributed by atoms with van der Waals surface area (Å²) in [5.41, 5.74) is 0. The topological polar surface area (TPSA) is 51.6 Å². The Balaban J connectivity index is 2.34. The van der Waals surface area contributed by atoms with E-state index in [2.05, 4.69) is 20.4 Å². The molecule has 8 heteroatoms. The Kier molecular flexibility index (Phi) is 1.54. The molecule has 4 rings (SSSR count). The summed E-state index contributed by atoms with van der Waals surface area (Å²) in [4.78, 5) is 0. The largest absolute Gasteiger partial charge is 0.141 e. The smallest absolute Gasteiger partial charge is 0.141 e. The molecule has 2 aliphatic rings. The van der Waals surface area contributed by atoms with Gasteiger partial charge in [0.15, 0.2) is 0 Å². The fraction of sp³-hybridized carbons (Fsp3) is 0. The molecule has 2 aromatic heterocycles. The summed E-state index contributed by atoms with van der Waals surface area (Å²) in [5, 5.41) is 22.9. The van der Waals surface area contributed by atoms with E-state index >= 15 is 0 Å².